The molecule has 0 rings (SSSR count). The Balaban J connectivity index is 3.79. The third kappa shape index (κ3) is 7.25. The van der Waals surface area contributed by atoms with Gasteiger partial charge < -0.3 is 10.1 Å². The molecule has 0 saturated carbocycles. The summed E-state index contributed by atoms with van der Waals surface area (Å²) in [5.74, 6) is -0.536. The zero-order valence-electron chi connectivity index (χ0n) is 10.2. The summed E-state index contributed by atoms with van der Waals surface area (Å²) in [4.78, 5) is 35.5. The highest BCUT2D eigenvalue weighted by Crippen LogP contribution is 2.05. The average molecular weight is 242 g/mol. The number of unbranched alkanes of at least 4 members (excludes halogenated alkanes) is 1. The molecule has 0 aromatic carbocycles. The van der Waals surface area contributed by atoms with Crippen molar-refractivity contribution in [2.24, 2.45) is 4.99 Å². The minimum Gasteiger partial charge on any atom is -0.467 e. The van der Waals surface area contributed by atoms with Crippen molar-refractivity contribution in [3.63, 3.8) is 0 Å². The van der Waals surface area contributed by atoms with Gasteiger partial charge >= 0.3 is 5.97 Å². The predicted octanol–water partition coefficient (Wildman–Crippen LogP) is 0.560. The van der Waals surface area contributed by atoms with Crippen LogP contribution in [0.1, 0.15) is 32.6 Å². The fraction of sp³-hybridized carbons (Fsp3) is 0.727. The van der Waals surface area contributed by atoms with Crippen LogP contribution < -0.4 is 5.32 Å². The predicted molar refractivity (Wildman–Crippen MR) is 61.1 cm³/mol. The lowest BCUT2D eigenvalue weighted by atomic mass is 10.1. The van der Waals surface area contributed by atoms with Gasteiger partial charge in [-0.2, -0.15) is 4.99 Å². The van der Waals surface area contributed by atoms with E-state index in [-0.39, 0.29) is 5.91 Å². The summed E-state index contributed by atoms with van der Waals surface area (Å²) in [6.45, 7) is 2.34. The van der Waals surface area contributed by atoms with Gasteiger partial charge in [0.15, 0.2) is 6.04 Å². The molecule has 1 atom stereocenters. The van der Waals surface area contributed by atoms with Crippen LogP contribution in [0.3, 0.4) is 0 Å². The zero-order chi connectivity index (χ0) is 13.1. The van der Waals surface area contributed by atoms with Crippen LogP contribution in [-0.2, 0) is 19.1 Å². The summed E-state index contributed by atoms with van der Waals surface area (Å²) in [6.07, 6.45) is 3.64. The first-order valence-corrected chi connectivity index (χ1v) is 5.57. The Hall–Kier alpha value is -1.68. The molecule has 0 heterocycles. The molecule has 6 nitrogen and oxygen atoms in total. The van der Waals surface area contributed by atoms with Gasteiger partial charge in [0, 0.05) is 13.0 Å². The van der Waals surface area contributed by atoms with Crippen molar-refractivity contribution in [3.05, 3.63) is 0 Å². The van der Waals surface area contributed by atoms with E-state index in [1.165, 1.54) is 13.2 Å². The number of amides is 1. The number of rotatable bonds is 8. The Bertz CT molecular complexity index is 298. The first-order chi connectivity index (χ1) is 8.15. The molecule has 0 bridgehead atoms. The lowest BCUT2D eigenvalue weighted by molar-refractivity contribution is -0.142. The lowest BCUT2D eigenvalue weighted by Crippen LogP contribution is -2.24. The fourth-order valence-corrected chi connectivity index (χ4v) is 1.25. The highest BCUT2D eigenvalue weighted by molar-refractivity contribution is 5.76. The first kappa shape index (κ1) is 15.3. The Morgan fingerprint density at radius 2 is 2.12 bits per heavy atom. The molecular weight excluding hydrogens is 224 g/mol. The van der Waals surface area contributed by atoms with Gasteiger partial charge in [0.05, 0.1) is 7.11 Å². The minimum absolute atomic E-state index is 0.000398. The van der Waals surface area contributed by atoms with Gasteiger partial charge in [0.2, 0.25) is 12.0 Å². The molecule has 0 aliphatic heterocycles. The lowest BCUT2D eigenvalue weighted by Gasteiger charge is -2.08. The monoisotopic (exact) mass is 242 g/mol. The highest BCUT2D eigenvalue weighted by Gasteiger charge is 2.17. The van der Waals surface area contributed by atoms with Crippen molar-refractivity contribution < 1.29 is 19.1 Å². The zero-order valence-corrected chi connectivity index (χ0v) is 10.2. The van der Waals surface area contributed by atoms with Crippen LogP contribution in [-0.4, -0.2) is 37.7 Å². The second kappa shape index (κ2) is 9.54. The first-order valence-electron chi connectivity index (χ1n) is 5.57. The number of esters is 1. The standard InChI is InChI=1S/C11H18N2O4/c1-3-10(15)12-7-5-4-6-9(13-8-14)11(16)17-2/h9H,3-7H2,1-2H3,(H,12,15). The van der Waals surface area contributed by atoms with Gasteiger partial charge in [0.1, 0.15) is 0 Å². The van der Waals surface area contributed by atoms with Crippen molar-refractivity contribution in [1.82, 2.24) is 5.32 Å². The molecule has 1 unspecified atom stereocenters. The molecule has 1 amide bonds. The summed E-state index contributed by atoms with van der Waals surface area (Å²) < 4.78 is 4.50. The van der Waals surface area contributed by atoms with E-state index in [0.717, 1.165) is 6.42 Å². The smallest absolute Gasteiger partial charge is 0.331 e. The minimum atomic E-state index is -0.778. The molecule has 17 heavy (non-hydrogen) atoms. The Morgan fingerprint density at radius 3 is 2.65 bits per heavy atom. The van der Waals surface area contributed by atoms with Gasteiger partial charge in [-0.1, -0.05) is 6.92 Å². The molecule has 0 saturated heterocycles. The molecule has 0 spiro atoms. The van der Waals surface area contributed by atoms with E-state index >= 15 is 0 Å². The number of nitrogens with zero attached hydrogens (tertiary/aromatic N) is 1. The molecule has 0 aromatic heterocycles. The van der Waals surface area contributed by atoms with Crippen molar-refractivity contribution in [2.75, 3.05) is 13.7 Å². The van der Waals surface area contributed by atoms with Gasteiger partial charge in [-0.05, 0) is 19.3 Å². The third-order valence-electron chi connectivity index (χ3n) is 2.23. The summed E-state index contributed by atoms with van der Waals surface area (Å²) >= 11 is 0. The molecule has 0 aliphatic rings. The second-order valence-electron chi connectivity index (χ2n) is 3.46. The maximum atomic E-state index is 11.2. The summed E-state index contributed by atoms with van der Waals surface area (Å²) in [6, 6.07) is -0.778. The van der Waals surface area contributed by atoms with E-state index in [1.54, 1.807) is 6.92 Å². The third-order valence-corrected chi connectivity index (χ3v) is 2.23. The molecule has 0 fully saturated rings. The average Bonchev–Trinajstić information content (AvgIpc) is 2.35. The van der Waals surface area contributed by atoms with Crippen LogP contribution in [0.15, 0.2) is 4.99 Å². The normalized spacial score (nSPS) is 11.2. The van der Waals surface area contributed by atoms with E-state index in [9.17, 15) is 14.4 Å². The van der Waals surface area contributed by atoms with Crippen LogP contribution in [0, 0.1) is 0 Å². The number of carbonyl (C=O) groups excluding carboxylic acids is 3. The van der Waals surface area contributed by atoms with Gasteiger partial charge in [-0.3, -0.25) is 4.79 Å². The Kier molecular flexibility index (Phi) is 8.60. The summed E-state index contributed by atoms with van der Waals surface area (Å²) in [5, 5.41) is 2.72. The summed E-state index contributed by atoms with van der Waals surface area (Å²) in [5.41, 5.74) is 0. The maximum Gasteiger partial charge on any atom is 0.331 e. The molecule has 1 N–H and O–H groups in total. The number of ether oxygens (including phenoxy) is 1. The number of aliphatic imine (C=N–C) groups is 1. The van der Waals surface area contributed by atoms with Gasteiger partial charge in [0.25, 0.3) is 0 Å². The number of nitrogens with one attached hydrogen (secondary N) is 1. The van der Waals surface area contributed by atoms with E-state index in [0.29, 0.717) is 25.8 Å². The Morgan fingerprint density at radius 1 is 1.41 bits per heavy atom. The van der Waals surface area contributed by atoms with Gasteiger partial charge in [-0.15, -0.1) is 0 Å². The van der Waals surface area contributed by atoms with Crippen molar-refractivity contribution in [2.45, 2.75) is 38.6 Å². The number of isocyanates is 1. The van der Waals surface area contributed by atoms with E-state index in [4.69, 9.17) is 0 Å². The molecule has 0 radical (unpaired) electrons. The van der Waals surface area contributed by atoms with Crippen LogP contribution in [0.5, 0.6) is 0 Å². The second-order valence-corrected chi connectivity index (χ2v) is 3.46. The SMILES string of the molecule is CCC(=O)NCCCCC(N=C=O)C(=O)OC. The number of carbonyl (C=O) groups is 2. The largest absolute Gasteiger partial charge is 0.467 e. The molecule has 96 valence electrons. The molecule has 0 aliphatic carbocycles. The number of hydrogen-bond donors (Lipinski definition) is 1. The quantitative estimate of drug-likeness (QED) is 0.292. The fourth-order valence-electron chi connectivity index (χ4n) is 1.25. The summed E-state index contributed by atoms with van der Waals surface area (Å²) in [7, 11) is 1.25. The van der Waals surface area contributed by atoms with E-state index < -0.39 is 12.0 Å². The van der Waals surface area contributed by atoms with Crippen LogP contribution in [0.2, 0.25) is 0 Å². The van der Waals surface area contributed by atoms with Crippen LogP contribution >= 0.6 is 0 Å². The Labute approximate surface area is 100 Å². The molecular formula is C11H18N2O4. The molecule has 6 heteroatoms. The van der Waals surface area contributed by atoms with Crippen LogP contribution in [0.25, 0.3) is 0 Å². The number of methoxy groups -OCH3 is 1. The van der Waals surface area contributed by atoms with Crippen molar-refractivity contribution >= 4 is 18.0 Å². The maximum absolute atomic E-state index is 11.2. The topological polar surface area (TPSA) is 84.8 Å². The van der Waals surface area contributed by atoms with E-state index in [2.05, 4.69) is 15.0 Å². The van der Waals surface area contributed by atoms with Crippen molar-refractivity contribution in [1.29, 1.82) is 0 Å². The van der Waals surface area contributed by atoms with E-state index in [1.807, 2.05) is 0 Å². The molecule has 0 aromatic rings. The van der Waals surface area contributed by atoms with Crippen molar-refractivity contribution in [3.8, 4) is 0 Å². The number of hydrogen-bond acceptors (Lipinski definition) is 5. The van der Waals surface area contributed by atoms with Gasteiger partial charge in [-0.25, -0.2) is 9.59 Å². The highest BCUT2D eigenvalue weighted by atomic mass is 16.5. The van der Waals surface area contributed by atoms with Crippen LogP contribution in [0.4, 0.5) is 0 Å².